The van der Waals surface area contributed by atoms with Crippen molar-refractivity contribution in [2.24, 2.45) is 5.92 Å². The van der Waals surface area contributed by atoms with E-state index in [2.05, 4.69) is 0 Å². The van der Waals surface area contributed by atoms with Gasteiger partial charge in [-0.05, 0) is 30.5 Å². The molecule has 0 saturated carbocycles. The number of esters is 1. The molecule has 0 bridgehead atoms. The second-order valence-electron chi connectivity index (χ2n) is 4.39. The Kier molecular flexibility index (Phi) is 4.73. The van der Waals surface area contributed by atoms with Crippen LogP contribution in [0, 0.1) is 5.92 Å². The van der Waals surface area contributed by atoms with Crippen LogP contribution in [0.1, 0.15) is 18.4 Å². The van der Waals surface area contributed by atoms with E-state index in [-0.39, 0.29) is 11.9 Å². The number of hydrogen-bond acceptors (Lipinski definition) is 4. The minimum atomic E-state index is -0.159. The van der Waals surface area contributed by atoms with Gasteiger partial charge in [-0.15, -0.1) is 0 Å². The van der Waals surface area contributed by atoms with Gasteiger partial charge in [-0.25, -0.2) is 0 Å². The summed E-state index contributed by atoms with van der Waals surface area (Å²) in [5.41, 5.74) is 0.995. The molecule has 0 atom stereocenters. The lowest BCUT2D eigenvalue weighted by molar-refractivity contribution is -0.142. The SMILES string of the molecule is COCc1cccc(OC(=O)C2CCOCC2)c1. The maximum Gasteiger partial charge on any atom is 0.314 e. The lowest BCUT2D eigenvalue weighted by Crippen LogP contribution is -2.27. The van der Waals surface area contributed by atoms with Crippen molar-refractivity contribution in [2.45, 2.75) is 19.4 Å². The van der Waals surface area contributed by atoms with Crippen molar-refractivity contribution in [3.63, 3.8) is 0 Å². The van der Waals surface area contributed by atoms with E-state index in [1.807, 2.05) is 18.2 Å². The Labute approximate surface area is 107 Å². The van der Waals surface area contributed by atoms with E-state index in [9.17, 15) is 4.79 Å². The number of methoxy groups -OCH3 is 1. The molecule has 1 heterocycles. The molecule has 1 aliphatic heterocycles. The molecule has 0 aliphatic carbocycles. The fourth-order valence-corrected chi connectivity index (χ4v) is 2.00. The molecular formula is C14H18O4. The molecule has 0 amide bonds. The van der Waals surface area contributed by atoms with Gasteiger partial charge in [0, 0.05) is 20.3 Å². The molecule has 0 unspecified atom stereocenters. The standard InChI is InChI=1S/C14H18O4/c1-16-10-11-3-2-4-13(9-11)18-14(15)12-5-7-17-8-6-12/h2-4,9,12H,5-8,10H2,1H3. The van der Waals surface area contributed by atoms with E-state index >= 15 is 0 Å². The zero-order valence-electron chi connectivity index (χ0n) is 10.6. The van der Waals surface area contributed by atoms with Crippen molar-refractivity contribution in [2.75, 3.05) is 20.3 Å². The van der Waals surface area contributed by atoms with Gasteiger partial charge in [-0.3, -0.25) is 4.79 Å². The minimum absolute atomic E-state index is 0.0372. The monoisotopic (exact) mass is 250 g/mol. The van der Waals surface area contributed by atoms with E-state index in [0.29, 0.717) is 25.6 Å². The summed E-state index contributed by atoms with van der Waals surface area (Å²) >= 11 is 0. The van der Waals surface area contributed by atoms with E-state index in [4.69, 9.17) is 14.2 Å². The first-order valence-corrected chi connectivity index (χ1v) is 6.17. The average molecular weight is 250 g/mol. The highest BCUT2D eigenvalue weighted by Gasteiger charge is 2.23. The van der Waals surface area contributed by atoms with Gasteiger partial charge in [0.05, 0.1) is 12.5 Å². The number of rotatable bonds is 4. The van der Waals surface area contributed by atoms with Crippen molar-refractivity contribution in [3.05, 3.63) is 29.8 Å². The van der Waals surface area contributed by atoms with Crippen LogP contribution in [-0.2, 0) is 20.9 Å². The van der Waals surface area contributed by atoms with Gasteiger partial charge in [-0.1, -0.05) is 12.1 Å². The van der Waals surface area contributed by atoms with Crippen LogP contribution < -0.4 is 4.74 Å². The number of hydrogen-bond donors (Lipinski definition) is 0. The zero-order chi connectivity index (χ0) is 12.8. The number of carbonyl (C=O) groups is 1. The van der Waals surface area contributed by atoms with Crippen LogP contribution in [0.5, 0.6) is 5.75 Å². The van der Waals surface area contributed by atoms with Crippen LogP contribution in [-0.4, -0.2) is 26.3 Å². The van der Waals surface area contributed by atoms with Gasteiger partial charge < -0.3 is 14.2 Å². The molecule has 98 valence electrons. The second kappa shape index (κ2) is 6.52. The first kappa shape index (κ1) is 13.1. The topological polar surface area (TPSA) is 44.8 Å². The van der Waals surface area contributed by atoms with Crippen LogP contribution in [0.15, 0.2) is 24.3 Å². The molecule has 0 aromatic heterocycles. The maximum absolute atomic E-state index is 11.9. The number of carbonyl (C=O) groups excluding carboxylic acids is 1. The summed E-state index contributed by atoms with van der Waals surface area (Å²) in [6.45, 7) is 1.80. The molecule has 2 rings (SSSR count). The van der Waals surface area contributed by atoms with Crippen LogP contribution in [0.25, 0.3) is 0 Å². The summed E-state index contributed by atoms with van der Waals surface area (Å²) in [7, 11) is 1.64. The van der Waals surface area contributed by atoms with E-state index in [1.165, 1.54) is 0 Å². The van der Waals surface area contributed by atoms with Crippen LogP contribution >= 0.6 is 0 Å². The molecule has 4 heteroatoms. The number of ether oxygens (including phenoxy) is 3. The van der Waals surface area contributed by atoms with Crippen LogP contribution in [0.4, 0.5) is 0 Å². The normalized spacial score (nSPS) is 16.5. The van der Waals surface area contributed by atoms with Gasteiger partial charge in [-0.2, -0.15) is 0 Å². The van der Waals surface area contributed by atoms with Crippen molar-refractivity contribution in [1.29, 1.82) is 0 Å². The van der Waals surface area contributed by atoms with Crippen molar-refractivity contribution in [3.8, 4) is 5.75 Å². The predicted octanol–water partition coefficient (Wildman–Crippen LogP) is 2.17. The van der Waals surface area contributed by atoms with Crippen LogP contribution in [0.3, 0.4) is 0 Å². The average Bonchev–Trinajstić information content (AvgIpc) is 2.40. The molecule has 18 heavy (non-hydrogen) atoms. The molecule has 1 fully saturated rings. The first-order valence-electron chi connectivity index (χ1n) is 6.17. The molecule has 1 aromatic rings. The fourth-order valence-electron chi connectivity index (χ4n) is 2.00. The Morgan fingerprint density at radius 3 is 2.89 bits per heavy atom. The lowest BCUT2D eigenvalue weighted by atomic mass is 10.0. The summed E-state index contributed by atoms with van der Waals surface area (Å²) in [5, 5.41) is 0. The Bertz CT molecular complexity index is 397. The third-order valence-electron chi connectivity index (χ3n) is 2.98. The van der Waals surface area contributed by atoms with Gasteiger partial charge >= 0.3 is 5.97 Å². The summed E-state index contributed by atoms with van der Waals surface area (Å²) < 4.78 is 15.7. The summed E-state index contributed by atoms with van der Waals surface area (Å²) in [5.74, 6) is 0.388. The highest BCUT2D eigenvalue weighted by molar-refractivity contribution is 5.75. The maximum atomic E-state index is 11.9. The summed E-state index contributed by atoms with van der Waals surface area (Å²) in [4.78, 5) is 11.9. The van der Waals surface area contributed by atoms with Crippen LogP contribution in [0.2, 0.25) is 0 Å². The first-order chi connectivity index (χ1) is 8.79. The molecular weight excluding hydrogens is 232 g/mol. The fraction of sp³-hybridized carbons (Fsp3) is 0.500. The Morgan fingerprint density at radius 1 is 1.39 bits per heavy atom. The Morgan fingerprint density at radius 2 is 2.17 bits per heavy atom. The quantitative estimate of drug-likeness (QED) is 0.607. The summed E-state index contributed by atoms with van der Waals surface area (Å²) in [6, 6.07) is 7.42. The molecule has 1 aromatic carbocycles. The largest absolute Gasteiger partial charge is 0.426 e. The van der Waals surface area contributed by atoms with Crippen molar-refractivity contribution < 1.29 is 19.0 Å². The van der Waals surface area contributed by atoms with Crippen molar-refractivity contribution in [1.82, 2.24) is 0 Å². The third-order valence-corrected chi connectivity index (χ3v) is 2.98. The van der Waals surface area contributed by atoms with Crippen molar-refractivity contribution >= 4 is 5.97 Å². The third kappa shape index (κ3) is 3.55. The molecule has 0 spiro atoms. The highest BCUT2D eigenvalue weighted by Crippen LogP contribution is 2.20. The second-order valence-corrected chi connectivity index (χ2v) is 4.39. The Hall–Kier alpha value is -1.39. The smallest absolute Gasteiger partial charge is 0.314 e. The molecule has 4 nitrogen and oxygen atoms in total. The number of benzene rings is 1. The Balaban J connectivity index is 1.95. The van der Waals surface area contributed by atoms with E-state index in [0.717, 1.165) is 18.4 Å². The highest BCUT2D eigenvalue weighted by atomic mass is 16.5. The van der Waals surface area contributed by atoms with E-state index in [1.54, 1.807) is 13.2 Å². The van der Waals surface area contributed by atoms with Gasteiger partial charge in [0.2, 0.25) is 0 Å². The van der Waals surface area contributed by atoms with Gasteiger partial charge in [0.15, 0.2) is 0 Å². The summed E-state index contributed by atoms with van der Waals surface area (Å²) in [6.07, 6.45) is 1.49. The predicted molar refractivity (Wildman–Crippen MR) is 66.3 cm³/mol. The van der Waals surface area contributed by atoms with Gasteiger partial charge in [0.1, 0.15) is 5.75 Å². The minimum Gasteiger partial charge on any atom is -0.426 e. The molecule has 0 N–H and O–H groups in total. The molecule has 0 radical (unpaired) electrons. The molecule has 1 aliphatic rings. The molecule has 1 saturated heterocycles. The van der Waals surface area contributed by atoms with E-state index < -0.39 is 0 Å². The lowest BCUT2D eigenvalue weighted by Gasteiger charge is -2.20. The zero-order valence-corrected chi connectivity index (χ0v) is 10.6. The van der Waals surface area contributed by atoms with Gasteiger partial charge in [0.25, 0.3) is 0 Å².